The van der Waals surface area contributed by atoms with E-state index in [2.05, 4.69) is 13.8 Å². The number of ketones is 1. The van der Waals surface area contributed by atoms with Crippen LogP contribution < -0.4 is 0 Å². The van der Waals surface area contributed by atoms with Crippen molar-refractivity contribution in [1.82, 2.24) is 0 Å². The second-order valence-corrected chi connectivity index (χ2v) is 9.44. The molecule has 5 saturated carbocycles. The summed E-state index contributed by atoms with van der Waals surface area (Å²) in [7, 11) is 0. The Labute approximate surface area is 127 Å². The van der Waals surface area contributed by atoms with Gasteiger partial charge >= 0.3 is 0 Å². The minimum absolute atomic E-state index is 0.0523. The van der Waals surface area contributed by atoms with Crippen molar-refractivity contribution in [3.63, 3.8) is 0 Å². The average molecular weight is 288 g/mol. The molecule has 116 valence electrons. The van der Waals surface area contributed by atoms with Crippen molar-refractivity contribution in [2.24, 2.45) is 39.9 Å². The quantitative estimate of drug-likeness (QED) is 0.740. The summed E-state index contributed by atoms with van der Waals surface area (Å²) < 4.78 is 0. The number of carbonyl (C=O) groups excluding carboxylic acids is 1. The first-order valence-electron chi connectivity index (χ1n) is 9.15. The molecule has 0 bridgehead atoms. The van der Waals surface area contributed by atoms with Gasteiger partial charge in [-0.3, -0.25) is 4.79 Å². The van der Waals surface area contributed by atoms with E-state index in [-0.39, 0.29) is 16.9 Å². The van der Waals surface area contributed by atoms with E-state index in [9.17, 15) is 9.90 Å². The van der Waals surface area contributed by atoms with Gasteiger partial charge in [-0.05, 0) is 74.0 Å². The number of Topliss-reactive ketones (excluding diaryl/α,β-unsaturated/α-hetero) is 1. The SMILES string of the molecule is C[C@]12CC[C@H]3[C@@H](C[C@H](O)[C@@]45C[C@H]4CC[C@]35C)[C@@H]1CCC2=O. The van der Waals surface area contributed by atoms with Crippen LogP contribution in [-0.4, -0.2) is 17.0 Å². The summed E-state index contributed by atoms with van der Waals surface area (Å²) in [4.78, 5) is 12.4. The highest BCUT2D eigenvalue weighted by Gasteiger charge is 2.77. The van der Waals surface area contributed by atoms with Gasteiger partial charge in [-0.25, -0.2) is 0 Å². The van der Waals surface area contributed by atoms with Gasteiger partial charge in [0.1, 0.15) is 5.78 Å². The van der Waals surface area contributed by atoms with Crippen molar-refractivity contribution in [3.8, 4) is 0 Å². The average Bonchev–Trinajstić information content (AvgIpc) is 3.01. The molecule has 21 heavy (non-hydrogen) atoms. The van der Waals surface area contributed by atoms with Crippen molar-refractivity contribution >= 4 is 5.78 Å². The Kier molecular flexibility index (Phi) is 2.23. The number of carbonyl (C=O) groups is 1. The van der Waals surface area contributed by atoms with Gasteiger partial charge in [0.15, 0.2) is 0 Å². The lowest BCUT2D eigenvalue weighted by Gasteiger charge is -2.59. The Bertz CT molecular complexity index is 528. The first kappa shape index (κ1) is 13.1. The molecule has 0 aromatic heterocycles. The van der Waals surface area contributed by atoms with Gasteiger partial charge in [0.25, 0.3) is 0 Å². The number of aliphatic hydroxyl groups is 1. The highest BCUT2D eigenvalue weighted by molar-refractivity contribution is 5.87. The highest BCUT2D eigenvalue weighted by Crippen LogP contribution is 2.81. The first-order valence-corrected chi connectivity index (χ1v) is 9.15. The Morgan fingerprint density at radius 2 is 1.90 bits per heavy atom. The topological polar surface area (TPSA) is 37.3 Å². The molecular formula is C19H28O2. The molecule has 2 nitrogen and oxygen atoms in total. The highest BCUT2D eigenvalue weighted by atomic mass is 16.3. The van der Waals surface area contributed by atoms with Gasteiger partial charge < -0.3 is 5.11 Å². The molecule has 8 atom stereocenters. The molecule has 5 aliphatic rings. The van der Waals surface area contributed by atoms with Crippen LogP contribution in [-0.2, 0) is 4.79 Å². The predicted octanol–water partition coefficient (Wildman–Crippen LogP) is 3.57. The fourth-order valence-corrected chi connectivity index (χ4v) is 8.08. The maximum absolute atomic E-state index is 12.4. The summed E-state index contributed by atoms with van der Waals surface area (Å²) in [5.74, 6) is 3.28. The van der Waals surface area contributed by atoms with Crippen molar-refractivity contribution in [3.05, 3.63) is 0 Å². The van der Waals surface area contributed by atoms with Crippen LogP contribution in [0.15, 0.2) is 0 Å². The van der Waals surface area contributed by atoms with Crippen molar-refractivity contribution in [1.29, 1.82) is 0 Å². The fourth-order valence-electron chi connectivity index (χ4n) is 8.08. The Balaban J connectivity index is 1.57. The Hall–Kier alpha value is -0.370. The zero-order valence-corrected chi connectivity index (χ0v) is 13.4. The first-order chi connectivity index (χ1) is 9.93. The maximum Gasteiger partial charge on any atom is 0.139 e. The lowest BCUT2D eigenvalue weighted by Crippen LogP contribution is -2.56. The maximum atomic E-state index is 12.4. The minimum Gasteiger partial charge on any atom is -0.393 e. The summed E-state index contributed by atoms with van der Waals surface area (Å²) in [6, 6.07) is 0. The molecule has 1 spiro atoms. The third kappa shape index (κ3) is 1.22. The van der Waals surface area contributed by atoms with E-state index < -0.39 is 0 Å². The molecule has 0 aromatic rings. The summed E-state index contributed by atoms with van der Waals surface area (Å²) in [6.07, 6.45) is 9.10. The van der Waals surface area contributed by atoms with Gasteiger partial charge in [-0.2, -0.15) is 0 Å². The fraction of sp³-hybridized carbons (Fsp3) is 0.947. The minimum atomic E-state index is -0.0886. The third-order valence-corrected chi connectivity index (χ3v) is 9.28. The number of rotatable bonds is 0. The van der Waals surface area contributed by atoms with Crippen molar-refractivity contribution in [2.45, 2.75) is 71.3 Å². The number of fused-ring (bicyclic) bond motifs is 4. The molecule has 5 rings (SSSR count). The molecule has 0 unspecified atom stereocenters. The predicted molar refractivity (Wildman–Crippen MR) is 80.6 cm³/mol. The molecule has 0 saturated heterocycles. The smallest absolute Gasteiger partial charge is 0.139 e. The van der Waals surface area contributed by atoms with E-state index in [4.69, 9.17) is 0 Å². The van der Waals surface area contributed by atoms with Crippen LogP contribution in [0.1, 0.15) is 65.2 Å². The van der Waals surface area contributed by atoms with E-state index in [0.717, 1.165) is 37.5 Å². The lowest BCUT2D eigenvalue weighted by molar-refractivity contribution is -0.154. The number of hydrogen-bond donors (Lipinski definition) is 1. The molecular weight excluding hydrogens is 260 g/mol. The Morgan fingerprint density at radius 1 is 1.10 bits per heavy atom. The molecule has 0 aliphatic heterocycles. The van der Waals surface area contributed by atoms with Crippen molar-refractivity contribution < 1.29 is 9.90 Å². The van der Waals surface area contributed by atoms with Crippen LogP contribution in [0.4, 0.5) is 0 Å². The van der Waals surface area contributed by atoms with Crippen molar-refractivity contribution in [2.75, 3.05) is 0 Å². The van der Waals surface area contributed by atoms with Gasteiger partial charge in [-0.1, -0.05) is 13.8 Å². The lowest BCUT2D eigenvalue weighted by atomic mass is 9.46. The summed E-state index contributed by atoms with van der Waals surface area (Å²) >= 11 is 0. The third-order valence-electron chi connectivity index (χ3n) is 9.28. The van der Waals surface area contributed by atoms with E-state index in [1.807, 2.05) is 0 Å². The van der Waals surface area contributed by atoms with E-state index in [1.54, 1.807) is 0 Å². The normalized spacial score (nSPS) is 64.5. The summed E-state index contributed by atoms with van der Waals surface area (Å²) in [5.41, 5.74) is 0.598. The zero-order valence-electron chi connectivity index (χ0n) is 13.4. The van der Waals surface area contributed by atoms with Gasteiger partial charge in [-0.15, -0.1) is 0 Å². The van der Waals surface area contributed by atoms with Crippen LogP contribution in [0, 0.1) is 39.9 Å². The van der Waals surface area contributed by atoms with Gasteiger partial charge in [0, 0.05) is 17.3 Å². The molecule has 0 amide bonds. The molecule has 2 heteroatoms. The van der Waals surface area contributed by atoms with Gasteiger partial charge in [0.05, 0.1) is 6.10 Å². The number of hydrogen-bond acceptors (Lipinski definition) is 2. The number of aliphatic hydroxyl groups excluding tert-OH is 1. The summed E-state index contributed by atoms with van der Waals surface area (Å²) in [5, 5.41) is 11.0. The standard InChI is InChI=1S/C19H28O2/c1-17-7-6-14-12(13(17)3-4-15(17)20)9-16(21)19-10-11(19)5-8-18(14,19)2/h11-14,16,21H,3-10H2,1-2H3/t11-,12+,13+,14+,16+,17+,18-,19-/m1/s1. The second-order valence-electron chi connectivity index (χ2n) is 9.44. The van der Waals surface area contributed by atoms with Crippen LogP contribution in [0.3, 0.4) is 0 Å². The largest absolute Gasteiger partial charge is 0.393 e. The molecule has 5 fully saturated rings. The van der Waals surface area contributed by atoms with Crippen LogP contribution in [0.5, 0.6) is 0 Å². The molecule has 0 heterocycles. The van der Waals surface area contributed by atoms with E-state index in [1.165, 1.54) is 25.7 Å². The van der Waals surface area contributed by atoms with Gasteiger partial charge in [0.2, 0.25) is 0 Å². The van der Waals surface area contributed by atoms with Crippen LogP contribution in [0.2, 0.25) is 0 Å². The summed E-state index contributed by atoms with van der Waals surface area (Å²) in [6.45, 7) is 4.73. The van der Waals surface area contributed by atoms with E-state index >= 15 is 0 Å². The second kappa shape index (κ2) is 3.58. The van der Waals surface area contributed by atoms with Crippen LogP contribution >= 0.6 is 0 Å². The molecule has 1 N–H and O–H groups in total. The monoisotopic (exact) mass is 288 g/mol. The molecule has 5 aliphatic carbocycles. The Morgan fingerprint density at radius 3 is 2.67 bits per heavy atom. The molecule has 0 radical (unpaired) electrons. The van der Waals surface area contributed by atoms with Crippen LogP contribution in [0.25, 0.3) is 0 Å². The van der Waals surface area contributed by atoms with E-state index in [0.29, 0.717) is 23.0 Å². The molecule has 0 aromatic carbocycles. The zero-order chi connectivity index (χ0) is 14.6.